The number of anilines is 1. The van der Waals surface area contributed by atoms with Crippen LogP contribution in [0.15, 0.2) is 180 Å². The molecule has 11 aromatic rings. The molecule has 0 spiro atoms. The second-order valence-corrected chi connectivity index (χ2v) is 17.1. The van der Waals surface area contributed by atoms with Gasteiger partial charge in [0.1, 0.15) is 5.58 Å². The molecule has 0 fully saturated rings. The zero-order valence-corrected chi connectivity index (χ0v) is 34.0. The van der Waals surface area contributed by atoms with Gasteiger partial charge in [-0.1, -0.05) is 134 Å². The molecular weight excluding hydrogens is 745 g/mol. The average Bonchev–Trinajstić information content (AvgIpc) is 3.97. The van der Waals surface area contributed by atoms with Crippen LogP contribution in [0.3, 0.4) is 0 Å². The summed E-state index contributed by atoms with van der Waals surface area (Å²) in [6.07, 6.45) is 5.43. The Hall–Kier alpha value is -7.34. The molecule has 2 aliphatic rings. The van der Waals surface area contributed by atoms with Gasteiger partial charge in [-0.3, -0.25) is 5.32 Å². The van der Waals surface area contributed by atoms with Gasteiger partial charge >= 0.3 is 0 Å². The van der Waals surface area contributed by atoms with Crippen molar-refractivity contribution in [3.63, 3.8) is 0 Å². The standard InChI is InChI=1S/C56H42N4O/c1-34-13-12-21-45-44-27-25-41(33-49(44)59(54(34)45)42-18-4-3-5-19-42)53-52-47-31-40(39-24-23-35-14-6-7-15-36(35)29-39)26-28-51(47)61-55(52)58(2)56(57-53)60-48-22-11-10-20-43(48)46-30-37-16-8-9-17-38(37)32-50(46)60/h3-12,14-34,53,56-57H,13H2,1-2H3. The minimum atomic E-state index is -0.269. The van der Waals surface area contributed by atoms with E-state index < -0.39 is 0 Å². The molecule has 0 amide bonds. The van der Waals surface area contributed by atoms with Crippen molar-refractivity contribution < 1.29 is 4.42 Å². The Bertz CT molecular complexity index is 3600. The van der Waals surface area contributed by atoms with Crippen molar-refractivity contribution in [3.05, 3.63) is 198 Å². The van der Waals surface area contributed by atoms with Crippen molar-refractivity contribution in [2.24, 2.45) is 0 Å². The largest absolute Gasteiger partial charge is 0.440 e. The molecular formula is C56H42N4O. The normalized spacial score (nSPS) is 17.6. The molecule has 3 aromatic heterocycles. The summed E-state index contributed by atoms with van der Waals surface area (Å²) < 4.78 is 12.1. The minimum Gasteiger partial charge on any atom is -0.440 e. The second-order valence-electron chi connectivity index (χ2n) is 17.1. The maximum Gasteiger partial charge on any atom is 0.204 e. The van der Waals surface area contributed by atoms with Gasteiger partial charge < -0.3 is 18.5 Å². The molecule has 292 valence electrons. The zero-order valence-electron chi connectivity index (χ0n) is 34.0. The molecule has 1 N–H and O–H groups in total. The predicted octanol–water partition coefficient (Wildman–Crippen LogP) is 14.3. The smallest absolute Gasteiger partial charge is 0.204 e. The number of allylic oxidation sites excluding steroid dienone is 1. The van der Waals surface area contributed by atoms with Crippen LogP contribution in [0.25, 0.3) is 88.1 Å². The van der Waals surface area contributed by atoms with Crippen LogP contribution in [0.4, 0.5) is 5.88 Å². The average molecular weight is 787 g/mol. The maximum atomic E-state index is 7.06. The third-order valence-corrected chi connectivity index (χ3v) is 13.6. The van der Waals surface area contributed by atoms with Gasteiger partial charge in [-0.25, -0.2) is 0 Å². The van der Waals surface area contributed by atoms with Crippen molar-refractivity contribution in [2.45, 2.75) is 31.6 Å². The van der Waals surface area contributed by atoms with Crippen LogP contribution < -0.4 is 10.2 Å². The SMILES string of the molecule is CC1CC=Cc2c1n(-c1ccccc1)c1cc(C3NC(n4c5ccccc5c5cc6ccccc6cc54)N(C)c4oc5ccc(-c6ccc7ccccc7c6)cc5c43)ccc21. The fraction of sp³-hybridized carbons (Fsp3) is 0.107. The first-order valence-electron chi connectivity index (χ1n) is 21.4. The summed E-state index contributed by atoms with van der Waals surface area (Å²) in [5, 5.41) is 14.1. The van der Waals surface area contributed by atoms with Gasteiger partial charge in [-0.05, 0) is 99.3 Å². The predicted molar refractivity (Wildman–Crippen MR) is 254 cm³/mol. The number of furan rings is 1. The number of rotatable bonds is 4. The summed E-state index contributed by atoms with van der Waals surface area (Å²) >= 11 is 0. The topological polar surface area (TPSA) is 38.3 Å². The monoisotopic (exact) mass is 786 g/mol. The first-order chi connectivity index (χ1) is 30.1. The number of fused-ring (bicyclic) bond motifs is 11. The molecule has 61 heavy (non-hydrogen) atoms. The van der Waals surface area contributed by atoms with Crippen molar-refractivity contribution >= 4 is 77.2 Å². The van der Waals surface area contributed by atoms with Crippen LogP contribution in [0.2, 0.25) is 0 Å². The molecule has 5 heteroatoms. The lowest BCUT2D eigenvalue weighted by Crippen LogP contribution is -2.46. The van der Waals surface area contributed by atoms with Crippen LogP contribution in [0.1, 0.15) is 54.0 Å². The summed E-state index contributed by atoms with van der Waals surface area (Å²) in [5.74, 6) is 1.27. The number of hydrogen-bond donors (Lipinski definition) is 1. The van der Waals surface area contributed by atoms with Crippen LogP contribution in [-0.4, -0.2) is 16.2 Å². The van der Waals surface area contributed by atoms with Crippen molar-refractivity contribution in [1.82, 2.24) is 14.5 Å². The Kier molecular flexibility index (Phi) is 7.40. The Labute approximate surface area is 353 Å². The lowest BCUT2D eigenvalue weighted by Gasteiger charge is -2.40. The van der Waals surface area contributed by atoms with E-state index in [0.29, 0.717) is 5.92 Å². The fourth-order valence-electron chi connectivity index (χ4n) is 10.7. The first-order valence-corrected chi connectivity index (χ1v) is 21.4. The van der Waals surface area contributed by atoms with Crippen molar-refractivity contribution in [1.29, 1.82) is 0 Å². The molecule has 5 nitrogen and oxygen atoms in total. The van der Waals surface area contributed by atoms with Gasteiger partial charge in [0.05, 0.1) is 22.6 Å². The third-order valence-electron chi connectivity index (χ3n) is 13.6. The van der Waals surface area contributed by atoms with Crippen LogP contribution in [-0.2, 0) is 0 Å². The zero-order chi connectivity index (χ0) is 40.3. The van der Waals surface area contributed by atoms with E-state index >= 15 is 0 Å². The van der Waals surface area contributed by atoms with Gasteiger partial charge in [0.2, 0.25) is 5.88 Å². The number of aromatic nitrogens is 2. The van der Waals surface area contributed by atoms with Gasteiger partial charge in [-0.15, -0.1) is 0 Å². The lowest BCUT2D eigenvalue weighted by molar-refractivity contribution is 0.347. The molecule has 0 bridgehead atoms. The van der Waals surface area contributed by atoms with E-state index in [1.54, 1.807) is 0 Å². The molecule has 3 unspecified atom stereocenters. The van der Waals surface area contributed by atoms with E-state index in [2.05, 4.69) is 215 Å². The Morgan fingerprint density at radius 2 is 1.30 bits per heavy atom. The molecule has 0 saturated heterocycles. The number of para-hydroxylation sites is 2. The Morgan fingerprint density at radius 1 is 0.574 bits per heavy atom. The molecule has 3 atom stereocenters. The summed E-state index contributed by atoms with van der Waals surface area (Å²) in [4.78, 5) is 2.30. The number of nitrogens with zero attached hydrogens (tertiary/aromatic N) is 3. The number of hydrogen-bond acceptors (Lipinski definition) is 3. The molecule has 8 aromatic carbocycles. The van der Waals surface area contributed by atoms with E-state index in [0.717, 1.165) is 28.8 Å². The van der Waals surface area contributed by atoms with E-state index in [1.165, 1.54) is 87.9 Å². The maximum absolute atomic E-state index is 7.06. The van der Waals surface area contributed by atoms with Crippen LogP contribution in [0, 0.1) is 0 Å². The highest BCUT2D eigenvalue weighted by Crippen LogP contribution is 2.49. The highest BCUT2D eigenvalue weighted by molar-refractivity contribution is 6.13. The molecule has 1 aliphatic carbocycles. The molecule has 0 radical (unpaired) electrons. The Morgan fingerprint density at radius 3 is 2.15 bits per heavy atom. The van der Waals surface area contributed by atoms with Crippen LogP contribution >= 0.6 is 0 Å². The molecule has 4 heterocycles. The highest BCUT2D eigenvalue weighted by Gasteiger charge is 2.38. The second kappa shape index (κ2) is 13.1. The highest BCUT2D eigenvalue weighted by atomic mass is 16.4. The van der Waals surface area contributed by atoms with Gasteiger partial charge in [-0.2, -0.15) is 0 Å². The van der Waals surface area contributed by atoms with Gasteiger partial charge in [0.15, 0.2) is 6.29 Å². The molecule has 0 saturated carbocycles. The first kappa shape index (κ1) is 34.5. The summed E-state index contributed by atoms with van der Waals surface area (Å²) in [5.41, 5.74) is 13.1. The van der Waals surface area contributed by atoms with E-state index in [-0.39, 0.29) is 12.3 Å². The number of nitrogens with one attached hydrogen (secondary N) is 1. The van der Waals surface area contributed by atoms with Crippen molar-refractivity contribution in [2.75, 3.05) is 11.9 Å². The third kappa shape index (κ3) is 5.11. The Balaban J connectivity index is 1.06. The lowest BCUT2D eigenvalue weighted by atomic mass is 9.91. The van der Waals surface area contributed by atoms with Crippen LogP contribution in [0.5, 0.6) is 0 Å². The summed E-state index contributed by atoms with van der Waals surface area (Å²) in [6, 6.07) is 62.1. The number of benzene rings is 8. The van der Waals surface area contributed by atoms with E-state index in [4.69, 9.17) is 4.42 Å². The fourth-order valence-corrected chi connectivity index (χ4v) is 10.7. The summed E-state index contributed by atoms with van der Waals surface area (Å²) in [7, 11) is 2.17. The van der Waals surface area contributed by atoms with Gasteiger partial charge in [0.25, 0.3) is 0 Å². The molecule has 1 aliphatic heterocycles. The quantitative estimate of drug-likeness (QED) is 0.193. The summed E-state index contributed by atoms with van der Waals surface area (Å²) in [6.45, 7) is 2.36. The van der Waals surface area contributed by atoms with E-state index in [1.807, 2.05) is 0 Å². The van der Waals surface area contributed by atoms with E-state index in [9.17, 15) is 0 Å². The van der Waals surface area contributed by atoms with Gasteiger partial charge in [0, 0.05) is 57.0 Å². The molecule has 13 rings (SSSR count). The minimum absolute atomic E-state index is 0.200. The van der Waals surface area contributed by atoms with Crippen molar-refractivity contribution in [3.8, 4) is 16.8 Å².